The van der Waals surface area contributed by atoms with Crippen molar-refractivity contribution in [2.75, 3.05) is 5.73 Å². The standard InChI is InChI=1S/C12H14N4O.2ClH/c1-7(14)12(17)11(16)5-9-4-8(6-13)2-3-10(9)15;;/h2-4,7,16H,5,14-15H2,1H3;2*1H/t7-;;/m0../s1. The van der Waals surface area contributed by atoms with Gasteiger partial charge >= 0.3 is 0 Å². The van der Waals surface area contributed by atoms with Gasteiger partial charge in [0, 0.05) is 12.1 Å². The lowest BCUT2D eigenvalue weighted by Gasteiger charge is -2.08. The molecule has 5 N–H and O–H groups in total. The van der Waals surface area contributed by atoms with Crippen LogP contribution in [-0.4, -0.2) is 17.5 Å². The summed E-state index contributed by atoms with van der Waals surface area (Å²) in [5.74, 6) is -0.410. The molecule has 0 aromatic heterocycles. The number of rotatable bonds is 4. The topological polar surface area (TPSA) is 117 Å². The Kier molecular flexibility index (Phi) is 8.81. The molecule has 0 unspecified atom stereocenters. The van der Waals surface area contributed by atoms with Crippen molar-refractivity contribution in [2.45, 2.75) is 19.4 Å². The minimum Gasteiger partial charge on any atom is -0.398 e. The molecular weight excluding hydrogens is 287 g/mol. The van der Waals surface area contributed by atoms with E-state index in [2.05, 4.69) is 0 Å². The number of nitrogens with zero attached hydrogens (tertiary/aromatic N) is 1. The van der Waals surface area contributed by atoms with E-state index in [0.717, 1.165) is 0 Å². The van der Waals surface area contributed by atoms with Crippen molar-refractivity contribution >= 4 is 42.0 Å². The molecule has 1 aromatic carbocycles. The Labute approximate surface area is 124 Å². The van der Waals surface area contributed by atoms with Crippen molar-refractivity contribution in [1.29, 1.82) is 10.7 Å². The summed E-state index contributed by atoms with van der Waals surface area (Å²) in [4.78, 5) is 11.5. The molecule has 7 heteroatoms. The van der Waals surface area contributed by atoms with Gasteiger partial charge in [0.25, 0.3) is 0 Å². The second-order valence-corrected chi connectivity index (χ2v) is 3.83. The van der Waals surface area contributed by atoms with Gasteiger partial charge in [-0.2, -0.15) is 5.26 Å². The molecule has 104 valence electrons. The number of Topliss-reactive ketones (excluding diaryl/α,β-unsaturated/α-hetero) is 1. The highest BCUT2D eigenvalue weighted by Crippen LogP contribution is 2.15. The van der Waals surface area contributed by atoms with Gasteiger partial charge in [-0.3, -0.25) is 4.79 Å². The first-order valence-corrected chi connectivity index (χ1v) is 5.11. The first kappa shape index (κ1) is 19.7. The average Bonchev–Trinajstić information content (AvgIpc) is 2.30. The zero-order valence-electron chi connectivity index (χ0n) is 10.3. The van der Waals surface area contributed by atoms with E-state index in [1.165, 1.54) is 6.92 Å². The van der Waals surface area contributed by atoms with Crippen LogP contribution in [0.25, 0.3) is 0 Å². The van der Waals surface area contributed by atoms with E-state index in [-0.39, 0.29) is 36.9 Å². The number of hydrogen-bond acceptors (Lipinski definition) is 5. The maximum absolute atomic E-state index is 11.5. The number of nitriles is 1. The van der Waals surface area contributed by atoms with Gasteiger partial charge in [-0.15, -0.1) is 24.8 Å². The lowest BCUT2D eigenvalue weighted by Crippen LogP contribution is -2.33. The molecule has 1 atom stereocenters. The summed E-state index contributed by atoms with van der Waals surface area (Å²) in [5, 5.41) is 16.4. The van der Waals surface area contributed by atoms with Gasteiger partial charge in [-0.05, 0) is 30.7 Å². The number of benzene rings is 1. The number of anilines is 1. The number of nitrogen functional groups attached to an aromatic ring is 1. The highest BCUT2D eigenvalue weighted by Gasteiger charge is 2.15. The maximum Gasteiger partial charge on any atom is 0.192 e. The van der Waals surface area contributed by atoms with Gasteiger partial charge in [-0.25, -0.2) is 0 Å². The van der Waals surface area contributed by atoms with Crippen LogP contribution >= 0.6 is 24.8 Å². The molecule has 0 amide bonds. The average molecular weight is 303 g/mol. The van der Waals surface area contributed by atoms with Crippen LogP contribution in [-0.2, 0) is 11.2 Å². The van der Waals surface area contributed by atoms with E-state index in [1.807, 2.05) is 6.07 Å². The van der Waals surface area contributed by atoms with Crippen LogP contribution in [0.3, 0.4) is 0 Å². The summed E-state index contributed by atoms with van der Waals surface area (Å²) < 4.78 is 0. The Morgan fingerprint density at radius 1 is 1.47 bits per heavy atom. The van der Waals surface area contributed by atoms with Crippen LogP contribution in [0.2, 0.25) is 0 Å². The zero-order chi connectivity index (χ0) is 13.0. The predicted molar refractivity (Wildman–Crippen MR) is 80.2 cm³/mol. The van der Waals surface area contributed by atoms with Gasteiger partial charge in [0.1, 0.15) is 0 Å². The summed E-state index contributed by atoms with van der Waals surface area (Å²) in [6.07, 6.45) is 0.0989. The van der Waals surface area contributed by atoms with Crippen LogP contribution in [0.15, 0.2) is 18.2 Å². The molecular formula is C12H16Cl2N4O. The molecule has 0 aliphatic heterocycles. The quantitative estimate of drug-likeness (QED) is 0.576. The number of carbonyl (C=O) groups excluding carboxylic acids is 1. The van der Waals surface area contributed by atoms with E-state index in [9.17, 15) is 4.79 Å². The molecule has 0 radical (unpaired) electrons. The minimum absolute atomic E-state index is 0. The van der Waals surface area contributed by atoms with Crippen molar-refractivity contribution in [1.82, 2.24) is 0 Å². The number of carbonyl (C=O) groups is 1. The third-order valence-electron chi connectivity index (χ3n) is 2.35. The molecule has 0 spiro atoms. The zero-order valence-corrected chi connectivity index (χ0v) is 12.0. The molecule has 19 heavy (non-hydrogen) atoms. The Bertz CT molecular complexity index is 509. The molecule has 0 saturated carbocycles. The first-order chi connectivity index (χ1) is 7.95. The summed E-state index contributed by atoms with van der Waals surface area (Å²) in [6, 6.07) is 6.06. The third-order valence-corrected chi connectivity index (χ3v) is 2.35. The Balaban J connectivity index is 0. The molecule has 1 rings (SSSR count). The van der Waals surface area contributed by atoms with Gasteiger partial charge in [0.05, 0.1) is 23.4 Å². The number of nitrogens with one attached hydrogen (secondary N) is 1. The largest absolute Gasteiger partial charge is 0.398 e. The van der Waals surface area contributed by atoms with Crippen LogP contribution < -0.4 is 11.5 Å². The molecule has 0 saturated heterocycles. The third kappa shape index (κ3) is 5.26. The van der Waals surface area contributed by atoms with Gasteiger partial charge in [-0.1, -0.05) is 0 Å². The summed E-state index contributed by atoms with van der Waals surface area (Å²) in [7, 11) is 0. The van der Waals surface area contributed by atoms with Gasteiger partial charge < -0.3 is 16.9 Å². The molecule has 5 nitrogen and oxygen atoms in total. The summed E-state index contributed by atoms with van der Waals surface area (Å²) in [6.45, 7) is 1.53. The highest BCUT2D eigenvalue weighted by molar-refractivity contribution is 6.40. The lowest BCUT2D eigenvalue weighted by atomic mass is 9.99. The predicted octanol–water partition coefficient (Wildman–Crippen LogP) is 1.46. The fraction of sp³-hybridized carbons (Fsp3) is 0.250. The van der Waals surface area contributed by atoms with E-state index in [0.29, 0.717) is 16.8 Å². The Morgan fingerprint density at radius 2 is 2.05 bits per heavy atom. The van der Waals surface area contributed by atoms with Crippen molar-refractivity contribution in [3.63, 3.8) is 0 Å². The maximum atomic E-state index is 11.5. The molecule has 0 heterocycles. The van der Waals surface area contributed by atoms with Crippen LogP contribution in [0.1, 0.15) is 18.1 Å². The van der Waals surface area contributed by atoms with Crippen molar-refractivity contribution in [2.24, 2.45) is 5.73 Å². The van der Waals surface area contributed by atoms with E-state index in [4.69, 9.17) is 22.1 Å². The Hall–Kier alpha value is -1.61. The normalized spacial score (nSPS) is 10.4. The lowest BCUT2D eigenvalue weighted by molar-refractivity contribution is -0.113. The number of ketones is 1. The smallest absolute Gasteiger partial charge is 0.192 e. The monoisotopic (exact) mass is 302 g/mol. The SMILES string of the molecule is C[C@H](N)C(=O)C(=N)Cc1cc(C#N)ccc1N.Cl.Cl. The second-order valence-electron chi connectivity index (χ2n) is 3.83. The van der Waals surface area contributed by atoms with E-state index >= 15 is 0 Å². The minimum atomic E-state index is -0.692. The highest BCUT2D eigenvalue weighted by atomic mass is 35.5. The molecule has 0 aliphatic carbocycles. The van der Waals surface area contributed by atoms with Crippen molar-refractivity contribution in [3.8, 4) is 6.07 Å². The van der Waals surface area contributed by atoms with E-state index in [1.54, 1.807) is 18.2 Å². The van der Waals surface area contributed by atoms with Crippen LogP contribution in [0, 0.1) is 16.7 Å². The first-order valence-electron chi connectivity index (χ1n) is 5.11. The van der Waals surface area contributed by atoms with Crippen LogP contribution in [0.5, 0.6) is 0 Å². The van der Waals surface area contributed by atoms with Gasteiger partial charge in [0.15, 0.2) is 5.78 Å². The van der Waals surface area contributed by atoms with Crippen molar-refractivity contribution in [3.05, 3.63) is 29.3 Å². The molecule has 0 fully saturated rings. The fourth-order valence-electron chi connectivity index (χ4n) is 1.38. The summed E-state index contributed by atoms with van der Waals surface area (Å²) >= 11 is 0. The Morgan fingerprint density at radius 3 is 2.53 bits per heavy atom. The van der Waals surface area contributed by atoms with E-state index < -0.39 is 11.8 Å². The van der Waals surface area contributed by atoms with Gasteiger partial charge in [0.2, 0.25) is 0 Å². The molecule has 0 aliphatic rings. The summed E-state index contributed by atoms with van der Waals surface area (Å²) in [5.41, 5.74) is 12.6. The molecule has 0 bridgehead atoms. The van der Waals surface area contributed by atoms with Crippen LogP contribution in [0.4, 0.5) is 5.69 Å². The number of hydrogen-bond donors (Lipinski definition) is 3. The molecule has 1 aromatic rings. The number of halogens is 2. The second kappa shape index (κ2) is 8.48. The van der Waals surface area contributed by atoms with Crippen molar-refractivity contribution < 1.29 is 4.79 Å². The fourth-order valence-corrected chi connectivity index (χ4v) is 1.38. The number of nitrogens with two attached hydrogens (primary N) is 2.